The fraction of sp³-hybridized carbons (Fsp3) is 0. The minimum Gasteiger partial charge on any atom is -0.0999 e. The summed E-state index contributed by atoms with van der Waals surface area (Å²) in [6, 6.07) is 28.0. The van der Waals surface area contributed by atoms with Crippen molar-refractivity contribution in [1.29, 1.82) is 0 Å². The summed E-state index contributed by atoms with van der Waals surface area (Å²) < 4.78 is 0. The van der Waals surface area contributed by atoms with Gasteiger partial charge in [-0.1, -0.05) is 112 Å². The van der Waals surface area contributed by atoms with Gasteiger partial charge in [-0.15, -0.1) is 0 Å². The van der Waals surface area contributed by atoms with Crippen molar-refractivity contribution in [3.05, 3.63) is 78.9 Å². The van der Waals surface area contributed by atoms with E-state index in [1.165, 1.54) is 32.7 Å². The van der Waals surface area contributed by atoms with Crippen molar-refractivity contribution in [3.63, 3.8) is 0 Å². The van der Waals surface area contributed by atoms with Gasteiger partial charge < -0.3 is 0 Å². The second-order valence-corrected chi connectivity index (χ2v) is 4.83. The second kappa shape index (κ2) is 5.49. The van der Waals surface area contributed by atoms with Gasteiger partial charge in [-0.05, 0) is 0 Å². The van der Waals surface area contributed by atoms with Gasteiger partial charge in [0, 0.05) is 0 Å². The van der Waals surface area contributed by atoms with Crippen molar-refractivity contribution >= 4 is 21.5 Å². The van der Waals surface area contributed by atoms with Crippen molar-refractivity contribution in [2.75, 3.05) is 0 Å². The zero-order valence-electron chi connectivity index (χ0n) is 11.5. The number of fused-ring (bicyclic) bond motifs is 3. The van der Waals surface area contributed by atoms with Crippen LogP contribution in [-0.2, 0) is 0 Å². The van der Waals surface area contributed by atoms with E-state index in [1.54, 1.807) is 0 Å². The summed E-state index contributed by atoms with van der Waals surface area (Å²) in [5.74, 6) is 0. The summed E-state index contributed by atoms with van der Waals surface area (Å²) in [5.41, 5.74) is 2.65. The first-order valence-corrected chi connectivity index (χ1v) is 6.57. The van der Waals surface area contributed by atoms with Gasteiger partial charge in [-0.2, -0.15) is 0 Å². The van der Waals surface area contributed by atoms with Crippen LogP contribution in [0.1, 0.15) is 0 Å². The van der Waals surface area contributed by atoms with Crippen LogP contribution in [0.4, 0.5) is 0 Å². The molecule has 0 bridgehead atoms. The van der Waals surface area contributed by atoms with E-state index in [0.717, 1.165) is 0 Å². The van der Waals surface area contributed by atoms with Crippen LogP contribution in [-0.4, -0.2) is 0 Å². The molecule has 1 heteroatoms. The summed E-state index contributed by atoms with van der Waals surface area (Å²) in [5, 5.41) is 5.37. The van der Waals surface area contributed by atoms with Gasteiger partial charge in [0.25, 0.3) is 0 Å². The summed E-state index contributed by atoms with van der Waals surface area (Å²) >= 11 is 0. The first kappa shape index (κ1) is 13.5. The molecule has 0 atom stereocenters. The maximum atomic E-state index is 2.22. The van der Waals surface area contributed by atoms with E-state index in [-0.39, 0.29) is 29.6 Å². The van der Waals surface area contributed by atoms with Crippen LogP contribution in [0.15, 0.2) is 78.9 Å². The molecule has 0 saturated carbocycles. The average molecular weight is 264 g/mol. The van der Waals surface area contributed by atoms with Crippen molar-refractivity contribution in [3.8, 4) is 11.1 Å². The molecule has 0 heterocycles. The molecule has 0 fully saturated rings. The Balaban J connectivity index is 0.00000121. The van der Waals surface area contributed by atoms with E-state index in [0.29, 0.717) is 0 Å². The molecule has 20 heavy (non-hydrogen) atoms. The Hall–Kier alpha value is -1.47. The zero-order chi connectivity index (χ0) is 12.7. The SMILES string of the molecule is [Na+].c1ccc(-[c-]2c3ccccc3c3ccccc32)cc1. The molecular weight excluding hydrogens is 251 g/mol. The molecule has 0 aromatic heterocycles. The van der Waals surface area contributed by atoms with Crippen LogP contribution in [0.5, 0.6) is 0 Å². The van der Waals surface area contributed by atoms with Gasteiger partial charge in [-0.25, -0.2) is 0 Å². The van der Waals surface area contributed by atoms with Gasteiger partial charge in [0.1, 0.15) is 0 Å². The molecule has 0 amide bonds. The number of rotatable bonds is 1. The molecule has 4 rings (SSSR count). The van der Waals surface area contributed by atoms with Crippen LogP contribution in [0.3, 0.4) is 0 Å². The summed E-state index contributed by atoms with van der Waals surface area (Å²) in [6.07, 6.45) is 0. The molecule has 4 aromatic carbocycles. The molecule has 90 valence electrons. The maximum absolute atomic E-state index is 2.22. The Morgan fingerprint density at radius 3 is 1.50 bits per heavy atom. The average Bonchev–Trinajstić information content (AvgIpc) is 2.83. The molecule has 0 aliphatic heterocycles. The second-order valence-electron chi connectivity index (χ2n) is 4.83. The molecule has 0 N–H and O–H groups in total. The van der Waals surface area contributed by atoms with E-state index >= 15 is 0 Å². The third kappa shape index (κ3) is 2.01. The van der Waals surface area contributed by atoms with Gasteiger partial charge in [0.15, 0.2) is 0 Å². The fourth-order valence-electron chi connectivity index (χ4n) is 2.93. The largest absolute Gasteiger partial charge is 1.00 e. The Morgan fingerprint density at radius 2 is 0.950 bits per heavy atom. The number of hydrogen-bond acceptors (Lipinski definition) is 0. The molecule has 0 saturated heterocycles. The number of benzene rings is 3. The molecule has 0 spiro atoms. The molecule has 4 aromatic rings. The molecular formula is C19H13Na. The van der Waals surface area contributed by atoms with Crippen molar-refractivity contribution in [1.82, 2.24) is 0 Å². The molecule has 0 aliphatic rings. The van der Waals surface area contributed by atoms with Crippen LogP contribution < -0.4 is 29.6 Å². The van der Waals surface area contributed by atoms with E-state index in [4.69, 9.17) is 0 Å². The minimum absolute atomic E-state index is 0. The smallest absolute Gasteiger partial charge is 0.0999 e. The molecule has 0 radical (unpaired) electrons. The fourth-order valence-corrected chi connectivity index (χ4v) is 2.93. The predicted octanol–water partition coefficient (Wildman–Crippen LogP) is 2.38. The van der Waals surface area contributed by atoms with Crippen LogP contribution in [0, 0.1) is 0 Å². The normalized spacial score (nSPS) is 10.6. The van der Waals surface area contributed by atoms with Gasteiger partial charge >= 0.3 is 29.6 Å². The summed E-state index contributed by atoms with van der Waals surface area (Å²) in [6.45, 7) is 0. The molecule has 0 nitrogen and oxygen atoms in total. The van der Waals surface area contributed by atoms with E-state index in [1.807, 2.05) is 0 Å². The standard InChI is InChI=1S/C19H13.Na/c1-2-8-14(9-3-1)19-17-12-6-4-10-15(17)16-11-5-7-13-18(16)19;/h1-13H;/q-1;+1. The maximum Gasteiger partial charge on any atom is 1.00 e. The Labute approximate surface area is 140 Å². The van der Waals surface area contributed by atoms with E-state index < -0.39 is 0 Å². The monoisotopic (exact) mass is 264 g/mol. The van der Waals surface area contributed by atoms with Gasteiger partial charge in [0.05, 0.1) is 0 Å². The van der Waals surface area contributed by atoms with E-state index in [2.05, 4.69) is 78.9 Å². The van der Waals surface area contributed by atoms with Crippen molar-refractivity contribution in [2.24, 2.45) is 0 Å². The molecule has 0 aliphatic carbocycles. The zero-order valence-corrected chi connectivity index (χ0v) is 13.5. The third-order valence-corrected chi connectivity index (χ3v) is 3.75. The minimum atomic E-state index is 0. The number of hydrogen-bond donors (Lipinski definition) is 0. The Kier molecular flexibility index (Phi) is 3.71. The Morgan fingerprint density at radius 1 is 0.500 bits per heavy atom. The topological polar surface area (TPSA) is 0 Å². The van der Waals surface area contributed by atoms with Gasteiger partial charge in [0.2, 0.25) is 0 Å². The summed E-state index contributed by atoms with van der Waals surface area (Å²) in [7, 11) is 0. The predicted molar refractivity (Wildman–Crippen MR) is 82.5 cm³/mol. The molecule has 0 unspecified atom stereocenters. The third-order valence-electron chi connectivity index (χ3n) is 3.75. The van der Waals surface area contributed by atoms with Crippen LogP contribution in [0.2, 0.25) is 0 Å². The Bertz CT molecular complexity index is 803. The first-order valence-electron chi connectivity index (χ1n) is 6.57. The summed E-state index contributed by atoms with van der Waals surface area (Å²) in [4.78, 5) is 0. The quantitative estimate of drug-likeness (QED) is 0.366. The van der Waals surface area contributed by atoms with Crippen LogP contribution >= 0.6 is 0 Å². The van der Waals surface area contributed by atoms with Gasteiger partial charge in [-0.3, -0.25) is 0 Å². The van der Waals surface area contributed by atoms with Crippen molar-refractivity contribution < 1.29 is 29.6 Å². The first-order chi connectivity index (χ1) is 9.45. The van der Waals surface area contributed by atoms with Crippen LogP contribution in [0.25, 0.3) is 32.7 Å². The van der Waals surface area contributed by atoms with E-state index in [9.17, 15) is 0 Å². The van der Waals surface area contributed by atoms with Crippen molar-refractivity contribution in [2.45, 2.75) is 0 Å².